The molecule has 0 aliphatic carbocycles. The molecule has 0 amide bonds. The van der Waals surface area contributed by atoms with E-state index in [2.05, 4.69) is 0 Å². The van der Waals surface area contributed by atoms with E-state index in [-0.39, 0.29) is 55.5 Å². The second-order valence-electron chi connectivity index (χ2n) is 1.13. The number of rotatable bonds is 1. The van der Waals surface area contributed by atoms with Crippen LogP contribution in [0.1, 0.15) is 13.3 Å². The fraction of sp³-hybridized carbons (Fsp3) is 0.667. The van der Waals surface area contributed by atoms with Crippen molar-refractivity contribution >= 4 is 16.4 Å². The molecule has 0 aromatic heterocycles. The predicted octanol–water partition coefficient (Wildman–Crippen LogP) is -5.19. The van der Waals surface area contributed by atoms with Crippen molar-refractivity contribution < 1.29 is 76.5 Å². The summed E-state index contributed by atoms with van der Waals surface area (Å²) in [5.41, 5.74) is 0. The Labute approximate surface area is 105 Å². The molecule has 0 atom stereocenters. The van der Waals surface area contributed by atoms with Gasteiger partial charge in [-0.05, 0) is 6.42 Å². The van der Waals surface area contributed by atoms with Crippen molar-refractivity contribution in [2.24, 2.45) is 0 Å². The molecule has 0 heterocycles. The number of aliphatic carboxylic acids is 1. The van der Waals surface area contributed by atoms with E-state index in [0.29, 0.717) is 0 Å². The third-order valence-corrected chi connectivity index (χ3v) is 0.289. The molecular formula is C3H5NaO6SZn. The first-order chi connectivity index (χ1) is 4.27. The Morgan fingerprint density at radius 2 is 1.42 bits per heavy atom. The van der Waals surface area contributed by atoms with Crippen LogP contribution in [0.2, 0.25) is 0 Å². The van der Waals surface area contributed by atoms with Gasteiger partial charge in [-0.1, -0.05) is 6.92 Å². The summed E-state index contributed by atoms with van der Waals surface area (Å²) in [7, 11) is -5.17. The molecule has 0 aromatic rings. The summed E-state index contributed by atoms with van der Waals surface area (Å²) in [6.07, 6.45) is 0.111. The van der Waals surface area contributed by atoms with Crippen molar-refractivity contribution in [2.45, 2.75) is 13.3 Å². The SMILES string of the molecule is CCC(=O)[O-].O=S(=O)([O-])[O-].[Na+].[Zn+2]. The fourth-order valence-electron chi connectivity index (χ4n) is 0. The van der Waals surface area contributed by atoms with E-state index in [1.807, 2.05) is 0 Å². The summed E-state index contributed by atoms with van der Waals surface area (Å²) in [6, 6.07) is 0. The Morgan fingerprint density at radius 3 is 1.42 bits per heavy atom. The number of carbonyl (C=O) groups is 1. The number of carboxylic acid groups (broad SMARTS) is 1. The van der Waals surface area contributed by atoms with Crippen molar-refractivity contribution in [3.8, 4) is 0 Å². The minimum atomic E-state index is -5.17. The van der Waals surface area contributed by atoms with Crippen molar-refractivity contribution in [1.82, 2.24) is 0 Å². The second-order valence-corrected chi connectivity index (χ2v) is 1.95. The summed E-state index contributed by atoms with van der Waals surface area (Å²) in [5.74, 6) is -0.995. The Morgan fingerprint density at radius 1 is 1.33 bits per heavy atom. The van der Waals surface area contributed by atoms with Crippen molar-refractivity contribution in [2.75, 3.05) is 0 Å². The van der Waals surface area contributed by atoms with E-state index in [4.69, 9.17) is 17.5 Å². The molecule has 12 heavy (non-hydrogen) atoms. The number of carboxylic acids is 1. The molecule has 9 heteroatoms. The van der Waals surface area contributed by atoms with E-state index in [9.17, 15) is 9.90 Å². The molecule has 0 saturated heterocycles. The van der Waals surface area contributed by atoms with Gasteiger partial charge in [0, 0.05) is 16.4 Å². The molecule has 62 valence electrons. The molecule has 6 nitrogen and oxygen atoms in total. The van der Waals surface area contributed by atoms with Gasteiger partial charge in [-0.25, -0.2) is 0 Å². The van der Waals surface area contributed by atoms with E-state index in [1.165, 1.54) is 6.92 Å². The third-order valence-electron chi connectivity index (χ3n) is 0.289. The van der Waals surface area contributed by atoms with E-state index in [1.54, 1.807) is 0 Å². The van der Waals surface area contributed by atoms with E-state index >= 15 is 0 Å². The van der Waals surface area contributed by atoms with Gasteiger partial charge in [0.2, 0.25) is 0 Å². The van der Waals surface area contributed by atoms with Gasteiger partial charge >= 0.3 is 49.0 Å². The van der Waals surface area contributed by atoms with Gasteiger partial charge < -0.3 is 19.0 Å². The second kappa shape index (κ2) is 12.0. The predicted molar refractivity (Wildman–Crippen MR) is 25.8 cm³/mol. The van der Waals surface area contributed by atoms with Crippen molar-refractivity contribution in [3.63, 3.8) is 0 Å². The first-order valence-electron chi connectivity index (χ1n) is 2.14. The van der Waals surface area contributed by atoms with Gasteiger partial charge in [0.25, 0.3) is 0 Å². The molecule has 0 saturated carbocycles. The van der Waals surface area contributed by atoms with Crippen LogP contribution >= 0.6 is 0 Å². The van der Waals surface area contributed by atoms with Crippen LogP contribution in [0.15, 0.2) is 0 Å². The molecule has 0 fully saturated rings. The van der Waals surface area contributed by atoms with Crippen LogP contribution in [-0.2, 0) is 34.7 Å². The van der Waals surface area contributed by atoms with Gasteiger partial charge in [-0.15, -0.1) is 0 Å². The normalized spacial score (nSPS) is 7.92. The molecule has 0 aliphatic rings. The summed E-state index contributed by atoms with van der Waals surface area (Å²) < 4.78 is 34.1. The summed E-state index contributed by atoms with van der Waals surface area (Å²) >= 11 is 0. The zero-order valence-electron chi connectivity index (χ0n) is 6.77. The molecule has 0 bridgehead atoms. The van der Waals surface area contributed by atoms with Crippen LogP contribution in [-0.4, -0.2) is 23.5 Å². The van der Waals surface area contributed by atoms with Gasteiger partial charge in [0.15, 0.2) is 0 Å². The number of carbonyl (C=O) groups excluding carboxylic acids is 1. The summed E-state index contributed by atoms with van der Waals surface area (Å²) in [6.45, 7) is 1.54. The first kappa shape index (κ1) is 23.1. The van der Waals surface area contributed by atoms with E-state index in [0.717, 1.165) is 0 Å². The number of hydrogen-bond acceptors (Lipinski definition) is 6. The van der Waals surface area contributed by atoms with Gasteiger partial charge in [0.05, 0.1) is 0 Å². The average Bonchev–Trinajstić information content (AvgIpc) is 1.61. The molecule has 0 spiro atoms. The van der Waals surface area contributed by atoms with Gasteiger partial charge in [0.1, 0.15) is 0 Å². The van der Waals surface area contributed by atoms with Gasteiger partial charge in [-0.2, -0.15) is 0 Å². The minimum absolute atomic E-state index is 0. The molecule has 0 aromatic carbocycles. The molecule has 0 aliphatic heterocycles. The summed E-state index contributed by atoms with van der Waals surface area (Å²) in [5, 5.41) is 9.26. The van der Waals surface area contributed by atoms with Gasteiger partial charge in [-0.3, -0.25) is 8.42 Å². The number of hydrogen-bond donors (Lipinski definition) is 0. The minimum Gasteiger partial charge on any atom is -0.759 e. The molecule has 0 radical (unpaired) electrons. The Hall–Kier alpha value is 0.963. The Bertz CT molecular complexity index is 181. The molecule has 0 unspecified atom stereocenters. The zero-order chi connectivity index (χ0) is 8.78. The topological polar surface area (TPSA) is 120 Å². The van der Waals surface area contributed by atoms with Crippen molar-refractivity contribution in [1.29, 1.82) is 0 Å². The van der Waals surface area contributed by atoms with Crippen LogP contribution in [0.5, 0.6) is 0 Å². The smallest absolute Gasteiger partial charge is 0.759 e. The van der Waals surface area contributed by atoms with Crippen LogP contribution in [0.3, 0.4) is 0 Å². The molecule has 0 rings (SSSR count). The molecular weight excluding hydrogens is 252 g/mol. The fourth-order valence-corrected chi connectivity index (χ4v) is 0. The van der Waals surface area contributed by atoms with Crippen LogP contribution in [0.25, 0.3) is 0 Å². The standard InChI is InChI=1S/C3H6O2.Na.H2O4S.Zn/c1-2-3(4)5;;1-5(2,3)4;/h2H2,1H3,(H,4,5);;(H2,1,2,3,4);/q;+1;;+2/p-3. The third kappa shape index (κ3) is 124. The largest absolute Gasteiger partial charge is 2.00 e. The Kier molecular flexibility index (Phi) is 23.0. The maximum Gasteiger partial charge on any atom is 2.00 e. The quantitative estimate of drug-likeness (QED) is 0.263. The average molecular weight is 258 g/mol. The maximum absolute atomic E-state index is 9.26. The van der Waals surface area contributed by atoms with Crippen LogP contribution in [0, 0.1) is 0 Å². The maximum atomic E-state index is 9.26. The van der Waals surface area contributed by atoms with Crippen LogP contribution < -0.4 is 34.7 Å². The zero-order valence-corrected chi connectivity index (χ0v) is 12.6. The van der Waals surface area contributed by atoms with Crippen molar-refractivity contribution in [3.05, 3.63) is 0 Å². The summed E-state index contributed by atoms with van der Waals surface area (Å²) in [4.78, 5) is 9.26. The van der Waals surface area contributed by atoms with Crippen LogP contribution in [0.4, 0.5) is 0 Å². The first-order valence-corrected chi connectivity index (χ1v) is 3.47. The van der Waals surface area contributed by atoms with E-state index < -0.39 is 16.4 Å². The Balaban J connectivity index is -0.0000000457. The molecule has 0 N–H and O–H groups in total. The monoisotopic (exact) mass is 256 g/mol.